The number of phenolic OH excluding ortho intramolecular Hbond substituents is 3. The van der Waals surface area contributed by atoms with E-state index in [1.165, 1.54) is 0 Å². The number of nitrogens with zero attached hydrogens (tertiary/aromatic N) is 1. The van der Waals surface area contributed by atoms with Gasteiger partial charge in [-0.15, -0.1) is 0 Å². The molecule has 0 spiro atoms. The molecule has 0 fully saturated rings. The summed E-state index contributed by atoms with van der Waals surface area (Å²) in [7, 11) is 5.90. The molecule has 0 unspecified atom stereocenters. The number of phenols is 3. The number of nitrogens with one attached hydrogen (secondary N) is 3. The number of aromatic nitrogens is 2. The van der Waals surface area contributed by atoms with E-state index >= 15 is 0 Å². The Morgan fingerprint density at radius 2 is 1.53 bits per heavy atom. The van der Waals surface area contributed by atoms with Crippen molar-refractivity contribution in [2.24, 2.45) is 0 Å². The summed E-state index contributed by atoms with van der Waals surface area (Å²) in [6.07, 6.45) is 5.33. The zero-order chi connectivity index (χ0) is 21.4. The van der Waals surface area contributed by atoms with Crippen LogP contribution < -0.4 is 5.32 Å². The molecule has 4 aromatic rings. The molecule has 0 aliphatic carbocycles. The van der Waals surface area contributed by atoms with Crippen LogP contribution in [0.1, 0.15) is 11.1 Å². The Labute approximate surface area is 175 Å². The first kappa shape index (κ1) is 20.1. The van der Waals surface area contributed by atoms with Gasteiger partial charge in [0.2, 0.25) is 0 Å². The lowest BCUT2D eigenvalue weighted by atomic mass is 9.96. The van der Waals surface area contributed by atoms with E-state index in [9.17, 15) is 15.3 Å². The molecular weight excluding hydrogens is 380 g/mol. The topological polar surface area (TPSA) is 108 Å². The van der Waals surface area contributed by atoms with Crippen molar-refractivity contribution in [1.82, 2.24) is 20.2 Å². The van der Waals surface area contributed by atoms with Gasteiger partial charge in [-0.3, -0.25) is 0 Å². The summed E-state index contributed by atoms with van der Waals surface area (Å²) in [4.78, 5) is 8.67. The second-order valence-corrected chi connectivity index (χ2v) is 7.96. The number of likely N-dealkylation sites (N-methyl/N-ethyl adjacent to an activating group) is 2. The Hall–Kier alpha value is -3.16. The van der Waals surface area contributed by atoms with E-state index in [-0.39, 0.29) is 17.2 Å². The first-order valence-corrected chi connectivity index (χ1v) is 10.1. The second kappa shape index (κ2) is 7.93. The maximum Gasteiger partial charge on any atom is 0.167 e. The number of rotatable bonds is 7. The van der Waals surface area contributed by atoms with E-state index in [0.29, 0.717) is 5.39 Å². The van der Waals surface area contributed by atoms with Gasteiger partial charge in [-0.2, -0.15) is 0 Å². The van der Waals surface area contributed by atoms with E-state index in [1.807, 2.05) is 39.6 Å². The highest BCUT2D eigenvalue weighted by Crippen LogP contribution is 2.44. The molecule has 2 aromatic carbocycles. The molecule has 0 bridgehead atoms. The van der Waals surface area contributed by atoms with Crippen LogP contribution in [0.3, 0.4) is 0 Å². The summed E-state index contributed by atoms with van der Waals surface area (Å²) in [5.41, 5.74) is 5.15. The Bertz CT molecular complexity index is 1210. The fourth-order valence-corrected chi connectivity index (χ4v) is 4.09. The third-order valence-corrected chi connectivity index (χ3v) is 5.65. The molecule has 30 heavy (non-hydrogen) atoms. The van der Waals surface area contributed by atoms with E-state index in [0.717, 1.165) is 64.6 Å². The van der Waals surface area contributed by atoms with E-state index in [4.69, 9.17) is 0 Å². The van der Waals surface area contributed by atoms with Crippen LogP contribution in [0.25, 0.3) is 32.9 Å². The first-order valence-electron chi connectivity index (χ1n) is 10.1. The average Bonchev–Trinajstić information content (AvgIpc) is 3.33. The molecule has 2 aromatic heterocycles. The van der Waals surface area contributed by atoms with E-state index < -0.39 is 0 Å². The van der Waals surface area contributed by atoms with Crippen LogP contribution in [0, 0.1) is 0 Å². The fraction of sp³-hybridized carbons (Fsp3) is 0.304. The minimum absolute atomic E-state index is 0.111. The van der Waals surface area contributed by atoms with Gasteiger partial charge in [-0.25, -0.2) is 0 Å². The molecule has 0 atom stereocenters. The average molecular weight is 409 g/mol. The van der Waals surface area contributed by atoms with E-state index in [1.54, 1.807) is 12.1 Å². The van der Waals surface area contributed by atoms with Crippen LogP contribution in [0.2, 0.25) is 0 Å². The summed E-state index contributed by atoms with van der Waals surface area (Å²) >= 11 is 0. The second-order valence-electron chi connectivity index (χ2n) is 7.96. The van der Waals surface area contributed by atoms with Gasteiger partial charge in [-0.05, 0) is 69.9 Å². The Morgan fingerprint density at radius 3 is 2.20 bits per heavy atom. The van der Waals surface area contributed by atoms with Crippen molar-refractivity contribution < 1.29 is 15.3 Å². The maximum absolute atomic E-state index is 10.6. The van der Waals surface area contributed by atoms with Crippen LogP contribution >= 0.6 is 0 Å². The lowest BCUT2D eigenvalue weighted by Crippen LogP contribution is -2.14. The normalized spacial score (nSPS) is 11.9. The number of benzene rings is 2. The van der Waals surface area contributed by atoms with Crippen LogP contribution in [0.15, 0.2) is 30.6 Å². The largest absolute Gasteiger partial charge is 0.507 e. The van der Waals surface area contributed by atoms with Crippen molar-refractivity contribution >= 4 is 21.8 Å². The Morgan fingerprint density at radius 1 is 0.867 bits per heavy atom. The van der Waals surface area contributed by atoms with Gasteiger partial charge in [0.1, 0.15) is 5.75 Å². The lowest BCUT2D eigenvalue weighted by molar-refractivity contribution is 0.406. The molecular formula is C23H28N4O3. The minimum Gasteiger partial charge on any atom is -0.507 e. The van der Waals surface area contributed by atoms with Crippen LogP contribution in [0.5, 0.6) is 17.2 Å². The van der Waals surface area contributed by atoms with Gasteiger partial charge >= 0.3 is 0 Å². The number of H-pyrrole nitrogens is 2. The molecule has 4 rings (SSSR count). The summed E-state index contributed by atoms with van der Waals surface area (Å²) in [6, 6.07) is 5.09. The molecule has 0 amide bonds. The number of hydrogen-bond donors (Lipinski definition) is 6. The third-order valence-electron chi connectivity index (χ3n) is 5.65. The van der Waals surface area contributed by atoms with Crippen molar-refractivity contribution in [2.75, 3.05) is 34.2 Å². The highest BCUT2D eigenvalue weighted by atomic mass is 16.3. The summed E-state index contributed by atoms with van der Waals surface area (Å²) in [6.45, 7) is 1.62. The van der Waals surface area contributed by atoms with Crippen molar-refractivity contribution in [1.29, 1.82) is 0 Å². The number of hydrogen-bond acceptors (Lipinski definition) is 5. The zero-order valence-electron chi connectivity index (χ0n) is 17.5. The molecule has 158 valence electrons. The fourth-order valence-electron chi connectivity index (χ4n) is 4.09. The third kappa shape index (κ3) is 3.36. The number of fused-ring (bicyclic) bond motifs is 2. The van der Waals surface area contributed by atoms with Gasteiger partial charge in [0.15, 0.2) is 11.5 Å². The summed E-state index contributed by atoms with van der Waals surface area (Å²) in [5.74, 6) is -0.0510. The molecule has 0 radical (unpaired) electrons. The molecule has 7 heteroatoms. The van der Waals surface area contributed by atoms with Gasteiger partial charge in [0, 0.05) is 40.8 Å². The summed E-state index contributed by atoms with van der Waals surface area (Å²) < 4.78 is 0. The van der Waals surface area contributed by atoms with Gasteiger partial charge in [0.25, 0.3) is 0 Å². The number of aromatic amines is 2. The van der Waals surface area contributed by atoms with Crippen molar-refractivity contribution in [3.05, 3.63) is 41.7 Å². The molecule has 0 aliphatic heterocycles. The Kier molecular flexibility index (Phi) is 5.32. The van der Waals surface area contributed by atoms with Crippen LogP contribution in [-0.2, 0) is 12.8 Å². The van der Waals surface area contributed by atoms with Crippen molar-refractivity contribution in [3.8, 4) is 28.4 Å². The molecule has 6 N–H and O–H groups in total. The Balaban J connectivity index is 1.92. The minimum atomic E-state index is -0.161. The SMILES string of the molecule is CNCCc1c[nH]c2c(-c3cc(O)c(O)c4c(CCN(C)C)c[nH]c34)ccc(O)c12. The first-order chi connectivity index (χ1) is 14.4. The monoisotopic (exact) mass is 408 g/mol. The predicted octanol–water partition coefficient (Wildman–Crippen LogP) is 3.30. The molecule has 0 saturated carbocycles. The van der Waals surface area contributed by atoms with Gasteiger partial charge in [-0.1, -0.05) is 0 Å². The molecule has 2 heterocycles. The summed E-state index contributed by atoms with van der Waals surface area (Å²) in [5, 5.41) is 36.1. The molecule has 7 nitrogen and oxygen atoms in total. The maximum atomic E-state index is 10.6. The molecule has 0 aliphatic rings. The van der Waals surface area contributed by atoms with E-state index in [2.05, 4.69) is 20.2 Å². The quantitative estimate of drug-likeness (QED) is 0.263. The number of aromatic hydroxyl groups is 3. The highest BCUT2D eigenvalue weighted by molar-refractivity contribution is 6.08. The van der Waals surface area contributed by atoms with Crippen LogP contribution in [0.4, 0.5) is 0 Å². The van der Waals surface area contributed by atoms with Gasteiger partial charge in [0.05, 0.1) is 11.0 Å². The van der Waals surface area contributed by atoms with Crippen molar-refractivity contribution in [3.63, 3.8) is 0 Å². The van der Waals surface area contributed by atoms with Crippen LogP contribution in [-0.4, -0.2) is 64.4 Å². The smallest absolute Gasteiger partial charge is 0.167 e. The molecule has 0 saturated heterocycles. The predicted molar refractivity (Wildman–Crippen MR) is 120 cm³/mol. The highest BCUT2D eigenvalue weighted by Gasteiger charge is 2.20. The van der Waals surface area contributed by atoms with Gasteiger partial charge < -0.3 is 35.5 Å². The standard InChI is InChI=1S/C23H28N4O3/c1-24-8-6-13-11-25-21-15(4-5-17(28)19(13)21)16-10-18(29)23(30)20-14(7-9-27(2)3)12-26-22(16)20/h4-5,10-12,24-26,28-30H,6-9H2,1-3H3. The zero-order valence-corrected chi connectivity index (χ0v) is 17.5. The lowest BCUT2D eigenvalue weighted by Gasteiger charge is -2.12. The van der Waals surface area contributed by atoms with Crippen molar-refractivity contribution in [2.45, 2.75) is 12.8 Å².